The molecule has 0 amide bonds. The smallest absolute Gasteiger partial charge is 0.263 e. The van der Waals surface area contributed by atoms with Gasteiger partial charge in [0.15, 0.2) is 0 Å². The Morgan fingerprint density at radius 1 is 1.06 bits per heavy atom. The van der Waals surface area contributed by atoms with Crippen molar-refractivity contribution in [3.63, 3.8) is 0 Å². The maximum atomic E-state index is 12.4. The summed E-state index contributed by atoms with van der Waals surface area (Å²) >= 11 is 0. The summed E-state index contributed by atoms with van der Waals surface area (Å²) in [4.78, 5) is 2.22. The molecule has 0 saturated heterocycles. The van der Waals surface area contributed by atoms with Crippen LogP contribution in [0.1, 0.15) is 37.4 Å². The van der Waals surface area contributed by atoms with Gasteiger partial charge in [-0.05, 0) is 18.7 Å². The van der Waals surface area contributed by atoms with E-state index in [2.05, 4.69) is 18.7 Å². The van der Waals surface area contributed by atoms with Crippen LogP contribution in [0.4, 0.5) is 8.78 Å². The zero-order chi connectivity index (χ0) is 12.8. The summed E-state index contributed by atoms with van der Waals surface area (Å²) < 4.78 is 24.9. The van der Waals surface area contributed by atoms with Crippen molar-refractivity contribution in [1.29, 1.82) is 0 Å². The van der Waals surface area contributed by atoms with Crippen LogP contribution < -0.4 is 5.73 Å². The lowest BCUT2D eigenvalue weighted by Gasteiger charge is -2.29. The van der Waals surface area contributed by atoms with E-state index in [1.807, 2.05) is 0 Å². The van der Waals surface area contributed by atoms with Gasteiger partial charge >= 0.3 is 0 Å². The lowest BCUT2D eigenvalue weighted by Crippen LogP contribution is -2.33. The van der Waals surface area contributed by atoms with Gasteiger partial charge in [-0.2, -0.15) is 0 Å². The van der Waals surface area contributed by atoms with E-state index in [9.17, 15) is 8.78 Å². The Bertz CT molecular complexity index is 321. The van der Waals surface area contributed by atoms with Crippen molar-refractivity contribution in [1.82, 2.24) is 4.90 Å². The fourth-order valence-corrected chi connectivity index (χ4v) is 2.02. The fourth-order valence-electron chi connectivity index (χ4n) is 2.02. The molecule has 0 bridgehead atoms. The van der Waals surface area contributed by atoms with Crippen molar-refractivity contribution in [2.45, 2.75) is 26.3 Å². The Morgan fingerprint density at radius 2 is 1.53 bits per heavy atom. The van der Waals surface area contributed by atoms with E-state index in [-0.39, 0.29) is 11.6 Å². The minimum Gasteiger partial charge on any atom is -0.329 e. The third-order valence-electron chi connectivity index (χ3n) is 3.05. The summed E-state index contributed by atoms with van der Waals surface area (Å²) in [5, 5.41) is 0. The summed E-state index contributed by atoms with van der Waals surface area (Å²) in [5.74, 6) is 0. The highest BCUT2D eigenvalue weighted by molar-refractivity contribution is 5.26. The molecule has 1 unspecified atom stereocenters. The third kappa shape index (κ3) is 3.48. The van der Waals surface area contributed by atoms with Gasteiger partial charge in [-0.3, -0.25) is 4.90 Å². The Hall–Kier alpha value is -1.00. The number of rotatable bonds is 6. The molecule has 4 heteroatoms. The second-order valence-electron chi connectivity index (χ2n) is 3.94. The molecule has 0 aliphatic heterocycles. The van der Waals surface area contributed by atoms with Crippen molar-refractivity contribution < 1.29 is 8.78 Å². The lowest BCUT2D eigenvalue weighted by atomic mass is 10.0. The zero-order valence-electron chi connectivity index (χ0n) is 10.4. The van der Waals surface area contributed by atoms with Gasteiger partial charge < -0.3 is 5.73 Å². The van der Waals surface area contributed by atoms with Gasteiger partial charge in [-0.15, -0.1) is 0 Å². The Kier molecular flexibility index (Phi) is 5.51. The van der Waals surface area contributed by atoms with Gasteiger partial charge in [-0.25, -0.2) is 8.78 Å². The first-order valence-electron chi connectivity index (χ1n) is 5.96. The normalized spacial score (nSPS) is 13.4. The average Bonchev–Trinajstić information content (AvgIpc) is 2.36. The Balaban J connectivity index is 2.89. The van der Waals surface area contributed by atoms with E-state index in [0.29, 0.717) is 6.54 Å². The second kappa shape index (κ2) is 6.67. The quantitative estimate of drug-likeness (QED) is 0.831. The van der Waals surface area contributed by atoms with E-state index in [4.69, 9.17) is 5.73 Å². The first kappa shape index (κ1) is 14.1. The summed E-state index contributed by atoms with van der Waals surface area (Å²) in [6.07, 6.45) is -2.41. The van der Waals surface area contributed by atoms with Gasteiger partial charge in [0.25, 0.3) is 6.43 Å². The van der Waals surface area contributed by atoms with E-state index in [1.54, 1.807) is 12.1 Å². The summed E-state index contributed by atoms with van der Waals surface area (Å²) in [6, 6.07) is 6.56. The van der Waals surface area contributed by atoms with Crippen LogP contribution >= 0.6 is 0 Å². The molecule has 2 N–H and O–H groups in total. The standard InChI is InChI=1S/C13H20F2N2/c1-3-17(4-2)12(9-16)10-5-7-11(8-6-10)13(14)15/h5-8,12-13H,3-4,9,16H2,1-2H3. The van der Waals surface area contributed by atoms with Gasteiger partial charge in [0.1, 0.15) is 0 Å². The number of halogens is 2. The molecule has 17 heavy (non-hydrogen) atoms. The van der Waals surface area contributed by atoms with Crippen LogP contribution in [-0.4, -0.2) is 24.5 Å². The van der Waals surface area contributed by atoms with Crippen LogP contribution in [0.25, 0.3) is 0 Å². The van der Waals surface area contributed by atoms with Gasteiger partial charge in [0.05, 0.1) is 0 Å². The second-order valence-corrected chi connectivity index (χ2v) is 3.94. The van der Waals surface area contributed by atoms with Crippen LogP contribution in [-0.2, 0) is 0 Å². The monoisotopic (exact) mass is 242 g/mol. The van der Waals surface area contributed by atoms with Crippen LogP contribution in [0.3, 0.4) is 0 Å². The molecular weight excluding hydrogens is 222 g/mol. The van der Waals surface area contributed by atoms with E-state index in [0.717, 1.165) is 18.7 Å². The number of likely N-dealkylation sites (N-methyl/N-ethyl adjacent to an activating group) is 1. The fraction of sp³-hybridized carbons (Fsp3) is 0.538. The van der Waals surface area contributed by atoms with Gasteiger partial charge in [-0.1, -0.05) is 38.1 Å². The number of benzene rings is 1. The van der Waals surface area contributed by atoms with Crippen LogP contribution in [0.2, 0.25) is 0 Å². The third-order valence-corrected chi connectivity index (χ3v) is 3.05. The number of nitrogens with two attached hydrogens (primary N) is 1. The molecular formula is C13H20F2N2. The molecule has 0 heterocycles. The minimum atomic E-state index is -2.41. The first-order chi connectivity index (χ1) is 8.13. The maximum absolute atomic E-state index is 12.4. The molecule has 0 aromatic heterocycles. The molecule has 0 saturated carbocycles. The molecule has 0 aliphatic carbocycles. The van der Waals surface area contributed by atoms with Gasteiger partial charge in [0, 0.05) is 18.2 Å². The van der Waals surface area contributed by atoms with Crippen LogP contribution in [0, 0.1) is 0 Å². The highest BCUT2D eigenvalue weighted by atomic mass is 19.3. The number of nitrogens with zero attached hydrogens (tertiary/aromatic N) is 1. The molecule has 2 nitrogen and oxygen atoms in total. The highest BCUT2D eigenvalue weighted by Gasteiger charge is 2.16. The number of alkyl halides is 2. The molecule has 0 aliphatic rings. The largest absolute Gasteiger partial charge is 0.329 e. The molecule has 0 radical (unpaired) electrons. The molecule has 1 rings (SSSR count). The molecule has 1 atom stereocenters. The van der Waals surface area contributed by atoms with Crippen LogP contribution in [0.5, 0.6) is 0 Å². The first-order valence-corrected chi connectivity index (χ1v) is 5.96. The molecule has 1 aromatic rings. The van der Waals surface area contributed by atoms with E-state index >= 15 is 0 Å². The van der Waals surface area contributed by atoms with Gasteiger partial charge in [0.2, 0.25) is 0 Å². The van der Waals surface area contributed by atoms with Crippen LogP contribution in [0.15, 0.2) is 24.3 Å². The topological polar surface area (TPSA) is 29.3 Å². The SMILES string of the molecule is CCN(CC)C(CN)c1ccc(C(F)F)cc1. The Morgan fingerprint density at radius 3 is 1.88 bits per heavy atom. The predicted molar refractivity (Wildman–Crippen MR) is 66.1 cm³/mol. The lowest BCUT2D eigenvalue weighted by molar-refractivity contribution is 0.151. The van der Waals surface area contributed by atoms with Crippen molar-refractivity contribution >= 4 is 0 Å². The van der Waals surface area contributed by atoms with Crippen molar-refractivity contribution in [2.24, 2.45) is 5.73 Å². The highest BCUT2D eigenvalue weighted by Crippen LogP contribution is 2.23. The number of hydrogen-bond donors (Lipinski definition) is 1. The maximum Gasteiger partial charge on any atom is 0.263 e. The molecule has 1 aromatic carbocycles. The van der Waals surface area contributed by atoms with Crippen molar-refractivity contribution in [2.75, 3.05) is 19.6 Å². The Labute approximate surface area is 101 Å². The summed E-state index contributed by atoms with van der Waals surface area (Å²) in [5.41, 5.74) is 6.82. The zero-order valence-corrected chi connectivity index (χ0v) is 10.4. The minimum absolute atomic E-state index is 0.0593. The summed E-state index contributed by atoms with van der Waals surface area (Å²) in [7, 11) is 0. The average molecular weight is 242 g/mol. The molecule has 0 spiro atoms. The van der Waals surface area contributed by atoms with Crippen molar-refractivity contribution in [3.8, 4) is 0 Å². The van der Waals surface area contributed by atoms with E-state index < -0.39 is 6.43 Å². The summed E-state index contributed by atoms with van der Waals surface area (Å²) in [6.45, 7) is 6.43. The van der Waals surface area contributed by atoms with E-state index in [1.165, 1.54) is 12.1 Å². The molecule has 96 valence electrons. The number of hydrogen-bond acceptors (Lipinski definition) is 2. The predicted octanol–water partition coefficient (Wildman–Crippen LogP) is 2.97. The molecule has 0 fully saturated rings. The van der Waals surface area contributed by atoms with Crippen molar-refractivity contribution in [3.05, 3.63) is 35.4 Å².